The Morgan fingerprint density at radius 1 is 1.14 bits per heavy atom. The summed E-state index contributed by atoms with van der Waals surface area (Å²) in [4.78, 5) is 8.77. The summed E-state index contributed by atoms with van der Waals surface area (Å²) in [6.45, 7) is 5.97. The number of hydrogen-bond acceptors (Lipinski definition) is 5. The van der Waals surface area contributed by atoms with Crippen molar-refractivity contribution in [3.63, 3.8) is 0 Å². The molecule has 0 saturated carbocycles. The average Bonchev–Trinajstić information content (AvgIpc) is 3.08. The molecule has 0 radical (unpaired) electrons. The fourth-order valence-corrected chi connectivity index (χ4v) is 3.22. The number of rotatable bonds is 5. The van der Waals surface area contributed by atoms with Gasteiger partial charge < -0.3 is 10.4 Å². The summed E-state index contributed by atoms with van der Waals surface area (Å²) >= 11 is 0. The first-order chi connectivity index (χ1) is 13.9. The zero-order valence-electron chi connectivity index (χ0n) is 16.5. The van der Waals surface area contributed by atoms with Gasteiger partial charge in [-0.15, -0.1) is 0 Å². The number of fused-ring (bicyclic) bond motifs is 1. The topological polar surface area (TPSA) is 75.9 Å². The highest BCUT2D eigenvalue weighted by Gasteiger charge is 2.12. The van der Waals surface area contributed by atoms with Crippen LogP contribution in [0.2, 0.25) is 0 Å². The normalized spacial score (nSPS) is 12.3. The molecule has 0 aliphatic carbocycles. The molecule has 7 heteroatoms. The Balaban J connectivity index is 1.73. The molecule has 4 rings (SSSR count). The molecule has 1 aromatic carbocycles. The molecular weight excluding hydrogens is 369 g/mol. The molecule has 0 amide bonds. The average molecular weight is 391 g/mol. The third kappa shape index (κ3) is 3.95. The molecule has 29 heavy (non-hydrogen) atoms. The number of aliphatic hydroxyl groups excluding tert-OH is 1. The quantitative estimate of drug-likeness (QED) is 0.528. The minimum absolute atomic E-state index is 0.305. The summed E-state index contributed by atoms with van der Waals surface area (Å²) in [5.74, 6) is -0.305. The summed E-state index contributed by atoms with van der Waals surface area (Å²) in [6, 6.07) is 8.67. The van der Waals surface area contributed by atoms with Crippen molar-refractivity contribution in [1.82, 2.24) is 19.7 Å². The number of aryl methyl sites for hydroxylation is 2. The van der Waals surface area contributed by atoms with Crippen LogP contribution in [-0.4, -0.2) is 31.0 Å². The van der Waals surface area contributed by atoms with Gasteiger partial charge in [0.05, 0.1) is 30.2 Å². The second kappa shape index (κ2) is 7.60. The maximum Gasteiger partial charge on any atom is 0.134 e. The summed E-state index contributed by atoms with van der Waals surface area (Å²) in [6.07, 6.45) is 4.73. The Bertz CT molecular complexity index is 1190. The van der Waals surface area contributed by atoms with Gasteiger partial charge >= 0.3 is 0 Å². The van der Waals surface area contributed by atoms with E-state index < -0.39 is 6.10 Å². The molecule has 4 aromatic rings. The lowest BCUT2D eigenvalue weighted by molar-refractivity contribution is 0.169. The molecular formula is C22H22FN5O. The predicted molar refractivity (Wildman–Crippen MR) is 112 cm³/mol. The van der Waals surface area contributed by atoms with E-state index in [2.05, 4.69) is 20.4 Å². The van der Waals surface area contributed by atoms with E-state index in [1.807, 2.05) is 26.0 Å². The summed E-state index contributed by atoms with van der Waals surface area (Å²) in [5.41, 5.74) is 5.95. The molecule has 3 aromatic heterocycles. The van der Waals surface area contributed by atoms with Gasteiger partial charge in [0.1, 0.15) is 16.9 Å². The predicted octanol–water partition coefficient (Wildman–Crippen LogP) is 4.37. The van der Waals surface area contributed by atoms with Gasteiger partial charge in [-0.3, -0.25) is 14.6 Å². The smallest absolute Gasteiger partial charge is 0.134 e. The molecule has 0 bridgehead atoms. The molecule has 3 heterocycles. The second-order valence-corrected chi connectivity index (χ2v) is 7.29. The lowest BCUT2D eigenvalue weighted by atomic mass is 10.1. The molecule has 6 nitrogen and oxygen atoms in total. The van der Waals surface area contributed by atoms with Crippen molar-refractivity contribution in [2.45, 2.75) is 33.4 Å². The molecule has 0 fully saturated rings. The fraction of sp³-hybridized carbons (Fsp3) is 0.227. The third-order valence-electron chi connectivity index (χ3n) is 4.67. The molecule has 0 unspecified atom stereocenters. The van der Waals surface area contributed by atoms with Crippen molar-refractivity contribution >= 4 is 22.4 Å². The Kier molecular flexibility index (Phi) is 4.98. The molecule has 2 N–H and O–H groups in total. The van der Waals surface area contributed by atoms with Gasteiger partial charge in [-0.2, -0.15) is 5.10 Å². The largest absolute Gasteiger partial charge is 0.391 e. The summed E-state index contributed by atoms with van der Waals surface area (Å²) < 4.78 is 16.0. The Morgan fingerprint density at radius 2 is 1.97 bits per heavy atom. The number of nitrogens with zero attached hydrogens (tertiary/aromatic N) is 4. The fourth-order valence-electron chi connectivity index (χ4n) is 3.22. The second-order valence-electron chi connectivity index (χ2n) is 7.29. The van der Waals surface area contributed by atoms with Crippen LogP contribution in [0.5, 0.6) is 0 Å². The molecule has 1 atom stereocenters. The number of aliphatic hydroxyl groups is 1. The van der Waals surface area contributed by atoms with Gasteiger partial charge in [0.15, 0.2) is 0 Å². The van der Waals surface area contributed by atoms with E-state index in [1.54, 1.807) is 42.3 Å². The van der Waals surface area contributed by atoms with Crippen LogP contribution >= 0.6 is 0 Å². The van der Waals surface area contributed by atoms with Crippen LogP contribution < -0.4 is 5.32 Å². The Hall–Kier alpha value is -3.32. The molecule has 0 aliphatic rings. The van der Waals surface area contributed by atoms with E-state index in [0.29, 0.717) is 23.3 Å². The van der Waals surface area contributed by atoms with Crippen molar-refractivity contribution in [3.05, 3.63) is 65.9 Å². The van der Waals surface area contributed by atoms with Gasteiger partial charge in [0, 0.05) is 23.6 Å². The van der Waals surface area contributed by atoms with Crippen molar-refractivity contribution < 1.29 is 9.50 Å². The lowest BCUT2D eigenvalue weighted by Gasteiger charge is -2.12. The van der Waals surface area contributed by atoms with Crippen LogP contribution in [0.4, 0.5) is 15.8 Å². The van der Waals surface area contributed by atoms with E-state index in [9.17, 15) is 9.50 Å². The maximum atomic E-state index is 14.3. The van der Waals surface area contributed by atoms with Crippen molar-refractivity contribution in [3.8, 4) is 11.3 Å². The van der Waals surface area contributed by atoms with Crippen LogP contribution in [0.25, 0.3) is 22.3 Å². The highest BCUT2D eigenvalue weighted by atomic mass is 19.1. The van der Waals surface area contributed by atoms with Crippen LogP contribution in [0, 0.1) is 19.7 Å². The molecule has 0 aliphatic heterocycles. The Labute approximate surface area is 168 Å². The maximum absolute atomic E-state index is 14.3. The van der Waals surface area contributed by atoms with Crippen molar-refractivity contribution in [1.29, 1.82) is 0 Å². The highest BCUT2D eigenvalue weighted by molar-refractivity contribution is 5.89. The van der Waals surface area contributed by atoms with Gasteiger partial charge in [-0.25, -0.2) is 4.39 Å². The summed E-state index contributed by atoms with van der Waals surface area (Å²) in [7, 11) is 0. The number of anilines is 2. The third-order valence-corrected chi connectivity index (χ3v) is 4.67. The first-order valence-corrected chi connectivity index (χ1v) is 9.41. The number of pyridine rings is 2. The van der Waals surface area contributed by atoms with Gasteiger partial charge in [0.2, 0.25) is 0 Å². The van der Waals surface area contributed by atoms with E-state index in [0.717, 1.165) is 28.0 Å². The monoisotopic (exact) mass is 391 g/mol. The minimum atomic E-state index is -0.505. The number of aromatic nitrogens is 4. The zero-order chi connectivity index (χ0) is 20.5. The van der Waals surface area contributed by atoms with Crippen LogP contribution in [0.1, 0.15) is 18.1 Å². The Morgan fingerprint density at radius 3 is 2.76 bits per heavy atom. The van der Waals surface area contributed by atoms with E-state index in [1.165, 1.54) is 6.07 Å². The minimum Gasteiger partial charge on any atom is -0.391 e. The number of hydrogen-bond donors (Lipinski definition) is 2. The molecule has 0 spiro atoms. The zero-order valence-corrected chi connectivity index (χ0v) is 16.5. The van der Waals surface area contributed by atoms with Crippen LogP contribution in [0.15, 0.2) is 48.9 Å². The number of nitrogens with one attached hydrogen (secondary N) is 1. The van der Waals surface area contributed by atoms with Crippen LogP contribution in [-0.2, 0) is 6.54 Å². The standard InChI is InChI=1S/C22H22FN5O/c1-13-4-5-17(23)16(8-13)20-9-19(14(2)10-25-20)26-18-6-7-24-21-12-28(11-15(3)29)27-22(18)21/h4-10,12,15,29H,11H2,1-3H3,(H,25,26)/t15-/m1/s1. The van der Waals surface area contributed by atoms with E-state index in [4.69, 9.17) is 0 Å². The summed E-state index contributed by atoms with van der Waals surface area (Å²) in [5, 5.41) is 17.5. The first-order valence-electron chi connectivity index (χ1n) is 9.41. The lowest BCUT2D eigenvalue weighted by Crippen LogP contribution is -2.11. The van der Waals surface area contributed by atoms with Crippen molar-refractivity contribution in [2.24, 2.45) is 0 Å². The highest BCUT2D eigenvalue weighted by Crippen LogP contribution is 2.30. The molecule has 0 saturated heterocycles. The van der Waals surface area contributed by atoms with Crippen molar-refractivity contribution in [2.75, 3.05) is 5.32 Å². The number of benzene rings is 1. The van der Waals surface area contributed by atoms with E-state index >= 15 is 0 Å². The van der Waals surface area contributed by atoms with Gasteiger partial charge in [0.25, 0.3) is 0 Å². The van der Waals surface area contributed by atoms with Crippen LogP contribution in [0.3, 0.4) is 0 Å². The first kappa shape index (κ1) is 19.0. The van der Waals surface area contributed by atoms with E-state index in [-0.39, 0.29) is 5.82 Å². The van der Waals surface area contributed by atoms with Gasteiger partial charge in [-0.05, 0) is 50.6 Å². The molecule has 148 valence electrons. The van der Waals surface area contributed by atoms with Gasteiger partial charge in [-0.1, -0.05) is 11.6 Å². The SMILES string of the molecule is Cc1ccc(F)c(-c2cc(Nc3ccnc4cn(C[C@@H](C)O)nc34)c(C)cn2)c1. The number of halogens is 1.